The molecule has 0 aliphatic rings. The van der Waals surface area contributed by atoms with Crippen LogP contribution in [0.25, 0.3) is 10.6 Å². The van der Waals surface area contributed by atoms with E-state index in [9.17, 15) is 9.50 Å². The molecular formula is C11H11FN2OS. The van der Waals surface area contributed by atoms with Crippen LogP contribution in [0.5, 0.6) is 0 Å². The van der Waals surface area contributed by atoms with Crippen LogP contribution in [0.3, 0.4) is 0 Å². The number of aromatic nitrogens is 2. The number of hydrogen-bond acceptors (Lipinski definition) is 4. The van der Waals surface area contributed by atoms with Gasteiger partial charge in [0.2, 0.25) is 0 Å². The average molecular weight is 238 g/mol. The molecule has 0 amide bonds. The molecule has 2 rings (SSSR count). The Morgan fingerprint density at radius 3 is 2.81 bits per heavy atom. The monoisotopic (exact) mass is 238 g/mol. The van der Waals surface area contributed by atoms with E-state index in [0.29, 0.717) is 22.0 Å². The number of rotatable bonds is 3. The second kappa shape index (κ2) is 4.67. The summed E-state index contributed by atoms with van der Waals surface area (Å²) in [5.74, 6) is -0.303. The van der Waals surface area contributed by atoms with Gasteiger partial charge in [-0.25, -0.2) is 4.39 Å². The fourth-order valence-electron chi connectivity index (χ4n) is 1.33. The van der Waals surface area contributed by atoms with Crippen LogP contribution < -0.4 is 0 Å². The fraction of sp³-hybridized carbons (Fsp3) is 0.273. The first-order chi connectivity index (χ1) is 7.66. The van der Waals surface area contributed by atoms with Crippen LogP contribution in [0.1, 0.15) is 11.9 Å². The van der Waals surface area contributed by atoms with Crippen molar-refractivity contribution in [3.05, 3.63) is 35.1 Å². The molecule has 0 saturated heterocycles. The minimum Gasteiger partial charge on any atom is -0.393 e. The number of halogens is 1. The van der Waals surface area contributed by atoms with E-state index in [0.717, 1.165) is 0 Å². The lowest BCUT2D eigenvalue weighted by Crippen LogP contribution is -2.03. The van der Waals surface area contributed by atoms with Gasteiger partial charge in [0, 0.05) is 12.0 Å². The van der Waals surface area contributed by atoms with E-state index in [1.54, 1.807) is 25.1 Å². The maximum atomic E-state index is 13.4. The zero-order chi connectivity index (χ0) is 11.5. The summed E-state index contributed by atoms with van der Waals surface area (Å²) in [6.07, 6.45) is -0.00650. The smallest absolute Gasteiger partial charge is 0.150 e. The van der Waals surface area contributed by atoms with Gasteiger partial charge < -0.3 is 5.11 Å². The van der Waals surface area contributed by atoms with Crippen LogP contribution in [-0.2, 0) is 6.42 Å². The summed E-state index contributed by atoms with van der Waals surface area (Å²) in [5, 5.41) is 18.3. The molecule has 1 aromatic carbocycles. The first kappa shape index (κ1) is 11.2. The SMILES string of the molecule is CC(O)Cc1nnc(-c2ccccc2F)s1. The molecule has 0 saturated carbocycles. The summed E-state index contributed by atoms with van der Waals surface area (Å²) in [7, 11) is 0. The summed E-state index contributed by atoms with van der Waals surface area (Å²) >= 11 is 1.31. The van der Waals surface area contributed by atoms with Crippen LogP contribution in [0.15, 0.2) is 24.3 Å². The number of benzene rings is 1. The largest absolute Gasteiger partial charge is 0.393 e. The Hall–Kier alpha value is -1.33. The van der Waals surface area contributed by atoms with Gasteiger partial charge in [-0.2, -0.15) is 0 Å². The van der Waals surface area contributed by atoms with Gasteiger partial charge in [0.05, 0.1) is 6.10 Å². The van der Waals surface area contributed by atoms with Gasteiger partial charge in [0.25, 0.3) is 0 Å². The summed E-state index contributed by atoms with van der Waals surface area (Å²) in [6, 6.07) is 6.46. The molecule has 1 atom stereocenters. The molecular weight excluding hydrogens is 227 g/mol. The van der Waals surface area contributed by atoms with E-state index in [1.807, 2.05) is 0 Å². The Morgan fingerprint density at radius 1 is 1.38 bits per heavy atom. The topological polar surface area (TPSA) is 46.0 Å². The Balaban J connectivity index is 2.28. The van der Waals surface area contributed by atoms with Crippen molar-refractivity contribution in [1.29, 1.82) is 0 Å². The molecule has 1 unspecified atom stereocenters. The van der Waals surface area contributed by atoms with Crippen molar-refractivity contribution in [1.82, 2.24) is 10.2 Å². The van der Waals surface area contributed by atoms with Gasteiger partial charge in [-0.15, -0.1) is 10.2 Å². The highest BCUT2D eigenvalue weighted by molar-refractivity contribution is 7.14. The van der Waals surface area contributed by atoms with Crippen LogP contribution in [0, 0.1) is 5.82 Å². The third-order valence-corrected chi connectivity index (χ3v) is 3.02. The summed E-state index contributed by atoms with van der Waals surface area (Å²) in [5.41, 5.74) is 0.455. The molecule has 1 heterocycles. The molecule has 0 fully saturated rings. The fourth-order valence-corrected chi connectivity index (χ4v) is 2.32. The molecule has 0 aliphatic heterocycles. The Kier molecular flexibility index (Phi) is 3.26. The van der Waals surface area contributed by atoms with Crippen LogP contribution in [-0.4, -0.2) is 21.4 Å². The molecule has 1 N–H and O–H groups in total. The second-order valence-electron chi connectivity index (χ2n) is 3.53. The van der Waals surface area contributed by atoms with E-state index in [4.69, 9.17) is 0 Å². The minimum absolute atomic E-state index is 0.303. The van der Waals surface area contributed by atoms with E-state index in [-0.39, 0.29) is 5.82 Å². The van der Waals surface area contributed by atoms with Gasteiger partial charge in [0.1, 0.15) is 10.8 Å². The van der Waals surface area contributed by atoms with Gasteiger partial charge in [-0.3, -0.25) is 0 Å². The quantitative estimate of drug-likeness (QED) is 0.892. The zero-order valence-electron chi connectivity index (χ0n) is 8.72. The van der Waals surface area contributed by atoms with Crippen LogP contribution >= 0.6 is 11.3 Å². The summed E-state index contributed by atoms with van der Waals surface area (Å²) < 4.78 is 13.4. The van der Waals surface area contributed by atoms with E-state index in [1.165, 1.54) is 17.4 Å². The highest BCUT2D eigenvalue weighted by Gasteiger charge is 2.11. The number of nitrogens with zero attached hydrogens (tertiary/aromatic N) is 2. The number of hydrogen-bond donors (Lipinski definition) is 1. The van der Waals surface area contributed by atoms with Crippen molar-refractivity contribution in [2.45, 2.75) is 19.4 Å². The molecule has 2 aromatic rings. The van der Waals surface area contributed by atoms with Gasteiger partial charge in [-0.1, -0.05) is 23.5 Å². The van der Waals surface area contributed by atoms with Crippen molar-refractivity contribution >= 4 is 11.3 Å². The lowest BCUT2D eigenvalue weighted by molar-refractivity contribution is 0.195. The molecule has 3 nitrogen and oxygen atoms in total. The minimum atomic E-state index is -0.457. The molecule has 0 spiro atoms. The maximum Gasteiger partial charge on any atom is 0.150 e. The Bertz CT molecular complexity index is 484. The van der Waals surface area contributed by atoms with Crippen molar-refractivity contribution in [2.75, 3.05) is 0 Å². The van der Waals surface area contributed by atoms with Crippen molar-refractivity contribution in [3.8, 4) is 10.6 Å². The number of aliphatic hydroxyl groups excluding tert-OH is 1. The second-order valence-corrected chi connectivity index (χ2v) is 4.60. The van der Waals surface area contributed by atoms with Crippen LogP contribution in [0.4, 0.5) is 4.39 Å². The van der Waals surface area contributed by atoms with Gasteiger partial charge in [0.15, 0.2) is 5.01 Å². The van der Waals surface area contributed by atoms with E-state index >= 15 is 0 Å². The normalized spacial score (nSPS) is 12.7. The highest BCUT2D eigenvalue weighted by Crippen LogP contribution is 2.26. The van der Waals surface area contributed by atoms with E-state index in [2.05, 4.69) is 10.2 Å². The molecule has 84 valence electrons. The summed E-state index contributed by atoms with van der Waals surface area (Å²) in [4.78, 5) is 0. The predicted molar refractivity (Wildman–Crippen MR) is 60.7 cm³/mol. The first-order valence-electron chi connectivity index (χ1n) is 4.92. The van der Waals surface area contributed by atoms with Gasteiger partial charge >= 0.3 is 0 Å². The van der Waals surface area contributed by atoms with Crippen molar-refractivity contribution in [3.63, 3.8) is 0 Å². The molecule has 16 heavy (non-hydrogen) atoms. The van der Waals surface area contributed by atoms with Crippen molar-refractivity contribution < 1.29 is 9.50 Å². The van der Waals surface area contributed by atoms with Gasteiger partial charge in [-0.05, 0) is 19.1 Å². The summed E-state index contributed by atoms with van der Waals surface area (Å²) in [6.45, 7) is 1.68. The average Bonchev–Trinajstić information content (AvgIpc) is 2.66. The molecule has 0 aliphatic carbocycles. The first-order valence-corrected chi connectivity index (χ1v) is 5.74. The third kappa shape index (κ3) is 2.43. The Morgan fingerprint density at radius 2 is 2.12 bits per heavy atom. The van der Waals surface area contributed by atoms with Crippen LogP contribution in [0.2, 0.25) is 0 Å². The lowest BCUT2D eigenvalue weighted by atomic mass is 10.2. The molecule has 0 bridgehead atoms. The zero-order valence-corrected chi connectivity index (χ0v) is 9.54. The predicted octanol–water partition coefficient (Wildman–Crippen LogP) is 2.27. The molecule has 5 heteroatoms. The lowest BCUT2D eigenvalue weighted by Gasteiger charge is -1.97. The Labute approximate surface area is 96.6 Å². The standard InChI is InChI=1S/C11H11FN2OS/c1-7(15)6-10-13-14-11(16-10)8-4-2-3-5-9(8)12/h2-5,7,15H,6H2,1H3. The van der Waals surface area contributed by atoms with E-state index < -0.39 is 6.10 Å². The highest BCUT2D eigenvalue weighted by atomic mass is 32.1. The third-order valence-electron chi connectivity index (χ3n) is 2.04. The molecule has 0 radical (unpaired) electrons. The number of aliphatic hydroxyl groups is 1. The molecule has 1 aromatic heterocycles. The van der Waals surface area contributed by atoms with Crippen molar-refractivity contribution in [2.24, 2.45) is 0 Å². The maximum absolute atomic E-state index is 13.4.